The van der Waals surface area contributed by atoms with Gasteiger partial charge in [-0.15, -0.1) is 0 Å². The average molecular weight is 283 g/mol. The fourth-order valence-electron chi connectivity index (χ4n) is 2.44. The molecule has 112 valence electrons. The van der Waals surface area contributed by atoms with Crippen LogP contribution < -0.4 is 10.6 Å². The van der Waals surface area contributed by atoms with Crippen molar-refractivity contribution in [1.29, 1.82) is 0 Å². The molecule has 1 saturated heterocycles. The molecule has 2 unspecified atom stereocenters. The highest BCUT2D eigenvalue weighted by Crippen LogP contribution is 2.22. The minimum absolute atomic E-state index is 0.0538. The second-order valence-electron chi connectivity index (χ2n) is 5.75. The van der Waals surface area contributed by atoms with E-state index in [1.165, 1.54) is 0 Å². The third-order valence-corrected chi connectivity index (χ3v) is 3.77. The fraction of sp³-hybridized carbons (Fsp3) is 0.769. The number of nitrogens with one attached hydrogen (secondary N) is 2. The van der Waals surface area contributed by atoms with Crippen molar-refractivity contribution >= 4 is 17.9 Å². The van der Waals surface area contributed by atoms with Gasteiger partial charge in [0.15, 0.2) is 0 Å². The molecule has 20 heavy (non-hydrogen) atoms. The van der Waals surface area contributed by atoms with Crippen molar-refractivity contribution in [1.82, 2.24) is 15.5 Å². The summed E-state index contributed by atoms with van der Waals surface area (Å²) in [4.78, 5) is 36.0. The normalized spacial score (nSPS) is 26.9. The molecule has 2 aliphatic rings. The van der Waals surface area contributed by atoms with Gasteiger partial charge in [0, 0.05) is 6.04 Å². The highest BCUT2D eigenvalue weighted by molar-refractivity contribution is 5.95. The number of hydrogen-bond acceptors (Lipinski definition) is 4. The Morgan fingerprint density at radius 3 is 2.55 bits per heavy atom. The van der Waals surface area contributed by atoms with Crippen molar-refractivity contribution in [2.24, 2.45) is 5.92 Å². The number of hydrogen-bond donors (Lipinski definition) is 3. The maximum Gasteiger partial charge on any atom is 0.321 e. The van der Waals surface area contributed by atoms with E-state index in [1.807, 2.05) is 6.92 Å². The molecule has 0 radical (unpaired) electrons. The molecule has 3 N–H and O–H groups in total. The van der Waals surface area contributed by atoms with E-state index in [0.29, 0.717) is 18.9 Å². The van der Waals surface area contributed by atoms with Crippen LogP contribution in [0, 0.1) is 5.92 Å². The molecule has 1 aliphatic heterocycles. The van der Waals surface area contributed by atoms with Gasteiger partial charge in [0.05, 0.1) is 6.54 Å². The molecule has 0 aromatic rings. The zero-order valence-corrected chi connectivity index (χ0v) is 11.6. The van der Waals surface area contributed by atoms with Gasteiger partial charge in [-0.1, -0.05) is 6.92 Å². The molecule has 0 spiro atoms. The molecule has 2 rings (SSSR count). The fourth-order valence-corrected chi connectivity index (χ4v) is 2.44. The SMILES string of the molecule is CC1CCN(CC(=O)NC(=O)NC2CC2)C(C(=O)O)C1. The first-order valence-corrected chi connectivity index (χ1v) is 7.03. The van der Waals surface area contributed by atoms with E-state index in [2.05, 4.69) is 10.6 Å². The molecule has 7 nitrogen and oxygen atoms in total. The molecule has 0 aromatic heterocycles. The Labute approximate surface area is 117 Å². The minimum Gasteiger partial charge on any atom is -0.480 e. The number of nitrogens with zero attached hydrogens (tertiary/aromatic N) is 1. The zero-order chi connectivity index (χ0) is 14.7. The molecule has 2 fully saturated rings. The Balaban J connectivity index is 1.81. The van der Waals surface area contributed by atoms with Crippen molar-refractivity contribution in [3.05, 3.63) is 0 Å². The van der Waals surface area contributed by atoms with E-state index < -0.39 is 23.9 Å². The van der Waals surface area contributed by atoms with Gasteiger partial charge in [0.1, 0.15) is 6.04 Å². The molecule has 1 saturated carbocycles. The number of piperidine rings is 1. The number of amides is 3. The van der Waals surface area contributed by atoms with E-state index in [1.54, 1.807) is 4.90 Å². The van der Waals surface area contributed by atoms with Gasteiger partial charge in [-0.05, 0) is 38.1 Å². The largest absolute Gasteiger partial charge is 0.480 e. The quantitative estimate of drug-likeness (QED) is 0.682. The monoisotopic (exact) mass is 283 g/mol. The summed E-state index contributed by atoms with van der Waals surface area (Å²) < 4.78 is 0. The maximum absolute atomic E-state index is 11.8. The number of likely N-dealkylation sites (tertiary alicyclic amines) is 1. The third kappa shape index (κ3) is 4.19. The summed E-state index contributed by atoms with van der Waals surface area (Å²) in [7, 11) is 0. The predicted molar refractivity (Wildman–Crippen MR) is 71.1 cm³/mol. The molecule has 1 heterocycles. The minimum atomic E-state index is -0.910. The number of imide groups is 1. The van der Waals surface area contributed by atoms with Crippen molar-refractivity contribution in [2.45, 2.75) is 44.7 Å². The molecular formula is C13H21N3O4. The summed E-state index contributed by atoms with van der Waals surface area (Å²) in [6.45, 7) is 2.52. The van der Waals surface area contributed by atoms with Gasteiger partial charge in [0.25, 0.3) is 0 Å². The van der Waals surface area contributed by atoms with Crippen LogP contribution in [0.3, 0.4) is 0 Å². The molecule has 2 atom stereocenters. The van der Waals surface area contributed by atoms with E-state index in [-0.39, 0.29) is 12.6 Å². The first-order chi connectivity index (χ1) is 9.45. The lowest BCUT2D eigenvalue weighted by Gasteiger charge is -2.35. The zero-order valence-electron chi connectivity index (χ0n) is 11.6. The topological polar surface area (TPSA) is 98.7 Å². The molecule has 1 aliphatic carbocycles. The lowest BCUT2D eigenvalue weighted by Crippen LogP contribution is -2.52. The number of carbonyl (C=O) groups excluding carboxylic acids is 2. The number of carboxylic acid groups (broad SMARTS) is 1. The number of aliphatic carboxylic acids is 1. The summed E-state index contributed by atoms with van der Waals surface area (Å²) >= 11 is 0. The number of carboxylic acids is 1. The summed E-state index contributed by atoms with van der Waals surface area (Å²) in [5.74, 6) is -1.02. The number of rotatable bonds is 4. The Morgan fingerprint density at radius 2 is 1.95 bits per heavy atom. The van der Waals surface area contributed by atoms with Crippen LogP contribution in [0.2, 0.25) is 0 Å². The summed E-state index contributed by atoms with van der Waals surface area (Å²) in [6.07, 6.45) is 3.31. The van der Waals surface area contributed by atoms with Crippen LogP contribution in [0.5, 0.6) is 0 Å². The lowest BCUT2D eigenvalue weighted by molar-refractivity contribution is -0.146. The Kier molecular flexibility index (Phi) is 4.59. The van der Waals surface area contributed by atoms with Crippen LogP contribution in [0.25, 0.3) is 0 Å². The summed E-state index contributed by atoms with van der Waals surface area (Å²) in [5.41, 5.74) is 0. The van der Waals surface area contributed by atoms with Gasteiger partial charge in [0.2, 0.25) is 5.91 Å². The van der Waals surface area contributed by atoms with Crippen LogP contribution in [0.15, 0.2) is 0 Å². The van der Waals surface area contributed by atoms with Crippen molar-refractivity contribution in [3.63, 3.8) is 0 Å². The second-order valence-corrected chi connectivity index (χ2v) is 5.75. The van der Waals surface area contributed by atoms with E-state index in [4.69, 9.17) is 0 Å². The van der Waals surface area contributed by atoms with Crippen molar-refractivity contribution < 1.29 is 19.5 Å². The molecule has 7 heteroatoms. The van der Waals surface area contributed by atoms with Gasteiger partial charge in [-0.2, -0.15) is 0 Å². The van der Waals surface area contributed by atoms with E-state index in [0.717, 1.165) is 19.3 Å². The Morgan fingerprint density at radius 1 is 1.25 bits per heavy atom. The number of carbonyl (C=O) groups is 3. The van der Waals surface area contributed by atoms with Gasteiger partial charge < -0.3 is 10.4 Å². The lowest BCUT2D eigenvalue weighted by atomic mass is 9.92. The highest BCUT2D eigenvalue weighted by Gasteiger charge is 2.33. The molecular weight excluding hydrogens is 262 g/mol. The Bertz CT molecular complexity index is 408. The second kappa shape index (κ2) is 6.21. The third-order valence-electron chi connectivity index (χ3n) is 3.77. The maximum atomic E-state index is 11.8. The number of urea groups is 1. The molecule has 3 amide bonds. The van der Waals surface area contributed by atoms with Gasteiger partial charge in [-0.25, -0.2) is 4.79 Å². The van der Waals surface area contributed by atoms with Gasteiger partial charge >= 0.3 is 12.0 Å². The molecule has 0 aromatic carbocycles. The summed E-state index contributed by atoms with van der Waals surface area (Å²) in [6, 6.07) is -0.948. The first-order valence-electron chi connectivity index (χ1n) is 7.03. The van der Waals surface area contributed by atoms with Crippen LogP contribution in [-0.4, -0.2) is 53.1 Å². The predicted octanol–water partition coefficient (Wildman–Crippen LogP) is 0.160. The first kappa shape index (κ1) is 14.8. The van der Waals surface area contributed by atoms with Crippen molar-refractivity contribution in [3.8, 4) is 0 Å². The highest BCUT2D eigenvalue weighted by atomic mass is 16.4. The van der Waals surface area contributed by atoms with E-state index in [9.17, 15) is 19.5 Å². The van der Waals surface area contributed by atoms with Gasteiger partial charge in [-0.3, -0.25) is 19.8 Å². The van der Waals surface area contributed by atoms with Crippen LogP contribution in [0.1, 0.15) is 32.6 Å². The smallest absolute Gasteiger partial charge is 0.321 e. The van der Waals surface area contributed by atoms with E-state index >= 15 is 0 Å². The molecule has 0 bridgehead atoms. The van der Waals surface area contributed by atoms with Crippen LogP contribution in [0.4, 0.5) is 4.79 Å². The van der Waals surface area contributed by atoms with Crippen LogP contribution in [-0.2, 0) is 9.59 Å². The average Bonchev–Trinajstić information content (AvgIpc) is 3.14. The standard InChI is InChI=1S/C13H21N3O4/c1-8-4-5-16(10(6-8)12(18)19)7-11(17)15-13(20)14-9-2-3-9/h8-10H,2-7H2,1H3,(H,18,19)(H2,14,15,17,20). The van der Waals surface area contributed by atoms with Crippen LogP contribution >= 0.6 is 0 Å². The van der Waals surface area contributed by atoms with Crippen molar-refractivity contribution in [2.75, 3.05) is 13.1 Å². The summed E-state index contributed by atoms with van der Waals surface area (Å²) in [5, 5.41) is 14.1. The Hall–Kier alpha value is -1.63.